The molecule has 0 aliphatic carbocycles. The van der Waals surface area contributed by atoms with Gasteiger partial charge in [0.2, 0.25) is 15.9 Å². The number of piperidine rings is 1. The minimum Gasteiger partial charge on any atom is -0.396 e. The fourth-order valence-electron chi connectivity index (χ4n) is 4.29. The molecule has 0 aromatic carbocycles. The fraction of sp³-hybridized carbons (Fsp3) is 0.765. The number of carbonyl (C=O) groups excluding carboxylic acids is 1. The first kappa shape index (κ1) is 19.3. The second kappa shape index (κ2) is 6.94. The smallest absolute Gasteiger partial charge is 0.224 e. The van der Waals surface area contributed by atoms with Crippen LogP contribution in [0.2, 0.25) is 0 Å². The minimum absolute atomic E-state index is 0.0293. The van der Waals surface area contributed by atoms with Crippen LogP contribution in [0.4, 0.5) is 0 Å². The molecule has 1 aromatic heterocycles. The summed E-state index contributed by atoms with van der Waals surface area (Å²) in [7, 11) is -3.29. The second-order valence-electron chi connectivity index (χ2n) is 7.78. The molecule has 0 unspecified atom stereocenters. The standard InChI is InChI=1S/C17H28N4O4S/c1-13-8-14(2)21(18-13)7-5-16(23)19-6-4-15-9-20(26(3,24)25)11-17(15,10-19)12-22/h8,15,22H,4-7,9-12H2,1-3H3/t15-,17+/m0/s1. The van der Waals surface area contributed by atoms with Gasteiger partial charge in [-0.15, -0.1) is 0 Å². The van der Waals surface area contributed by atoms with E-state index >= 15 is 0 Å². The zero-order chi connectivity index (χ0) is 19.1. The van der Waals surface area contributed by atoms with Crippen molar-refractivity contribution in [2.24, 2.45) is 11.3 Å². The van der Waals surface area contributed by atoms with E-state index in [1.54, 1.807) is 4.90 Å². The summed E-state index contributed by atoms with van der Waals surface area (Å²) >= 11 is 0. The third-order valence-corrected chi connectivity index (χ3v) is 7.03. The zero-order valence-corrected chi connectivity index (χ0v) is 16.5. The van der Waals surface area contributed by atoms with E-state index in [-0.39, 0.29) is 25.0 Å². The molecular weight excluding hydrogens is 356 g/mol. The van der Waals surface area contributed by atoms with Crippen molar-refractivity contribution < 1.29 is 18.3 Å². The summed E-state index contributed by atoms with van der Waals surface area (Å²) in [5, 5.41) is 14.4. The Bertz CT molecular complexity index is 791. The van der Waals surface area contributed by atoms with Crippen LogP contribution in [-0.4, -0.2) is 77.5 Å². The van der Waals surface area contributed by atoms with Crippen molar-refractivity contribution >= 4 is 15.9 Å². The molecule has 2 aliphatic heterocycles. The van der Waals surface area contributed by atoms with Crippen molar-refractivity contribution in [2.45, 2.75) is 33.2 Å². The first-order chi connectivity index (χ1) is 12.1. The Morgan fingerprint density at radius 3 is 2.69 bits per heavy atom. The van der Waals surface area contributed by atoms with Crippen LogP contribution in [0, 0.1) is 25.2 Å². The quantitative estimate of drug-likeness (QED) is 0.770. The molecule has 0 radical (unpaired) electrons. The van der Waals surface area contributed by atoms with Gasteiger partial charge in [0.05, 0.1) is 18.6 Å². The average Bonchev–Trinajstić information content (AvgIpc) is 3.11. The Labute approximate surface area is 154 Å². The highest BCUT2D eigenvalue weighted by atomic mass is 32.2. The summed E-state index contributed by atoms with van der Waals surface area (Å²) in [5.41, 5.74) is 1.41. The molecule has 3 heterocycles. The van der Waals surface area contributed by atoms with Gasteiger partial charge in [0.1, 0.15) is 0 Å². The molecule has 0 saturated carbocycles. The predicted octanol–water partition coefficient (Wildman–Crippen LogP) is -0.00756. The number of amides is 1. The molecule has 146 valence electrons. The number of fused-ring (bicyclic) bond motifs is 1. The predicted molar refractivity (Wildman–Crippen MR) is 96.9 cm³/mol. The summed E-state index contributed by atoms with van der Waals surface area (Å²) < 4.78 is 27.1. The van der Waals surface area contributed by atoms with Gasteiger partial charge in [0.25, 0.3) is 0 Å². The van der Waals surface area contributed by atoms with Crippen molar-refractivity contribution in [2.75, 3.05) is 39.0 Å². The number of aliphatic hydroxyl groups is 1. The maximum atomic E-state index is 12.7. The monoisotopic (exact) mass is 384 g/mol. The second-order valence-corrected chi connectivity index (χ2v) is 9.76. The molecule has 1 aromatic rings. The first-order valence-electron chi connectivity index (χ1n) is 8.99. The number of likely N-dealkylation sites (tertiary alicyclic amines) is 1. The van der Waals surface area contributed by atoms with Crippen LogP contribution in [0.3, 0.4) is 0 Å². The van der Waals surface area contributed by atoms with Crippen LogP contribution in [0.15, 0.2) is 6.07 Å². The Balaban J connectivity index is 1.65. The highest BCUT2D eigenvalue weighted by Gasteiger charge is 2.52. The minimum atomic E-state index is -3.29. The molecule has 1 N–H and O–H groups in total. The van der Waals surface area contributed by atoms with Crippen molar-refractivity contribution in [1.82, 2.24) is 19.0 Å². The van der Waals surface area contributed by atoms with Gasteiger partial charge in [-0.05, 0) is 32.3 Å². The molecule has 1 amide bonds. The summed E-state index contributed by atoms with van der Waals surface area (Å²) in [5.74, 6) is 0.129. The fourth-order valence-corrected chi connectivity index (χ4v) is 5.23. The van der Waals surface area contributed by atoms with Crippen molar-refractivity contribution in [3.63, 3.8) is 0 Å². The summed E-state index contributed by atoms with van der Waals surface area (Å²) in [4.78, 5) is 14.5. The summed E-state index contributed by atoms with van der Waals surface area (Å²) in [6.45, 7) is 6.06. The number of nitrogens with zero attached hydrogens (tertiary/aromatic N) is 4. The van der Waals surface area contributed by atoms with E-state index < -0.39 is 15.4 Å². The number of sulfonamides is 1. The average molecular weight is 385 g/mol. The van der Waals surface area contributed by atoms with E-state index in [1.165, 1.54) is 10.6 Å². The van der Waals surface area contributed by atoms with Crippen LogP contribution in [0.1, 0.15) is 24.2 Å². The topological polar surface area (TPSA) is 95.7 Å². The maximum Gasteiger partial charge on any atom is 0.224 e. The Hall–Kier alpha value is -1.45. The molecule has 8 nitrogen and oxygen atoms in total. The summed E-state index contributed by atoms with van der Waals surface area (Å²) in [6, 6.07) is 1.98. The third kappa shape index (κ3) is 3.65. The number of hydrogen-bond acceptors (Lipinski definition) is 5. The van der Waals surface area contributed by atoms with Gasteiger partial charge in [0.15, 0.2) is 0 Å². The van der Waals surface area contributed by atoms with Crippen LogP contribution in [-0.2, 0) is 21.4 Å². The van der Waals surface area contributed by atoms with Crippen molar-refractivity contribution in [3.05, 3.63) is 17.5 Å². The van der Waals surface area contributed by atoms with E-state index in [9.17, 15) is 18.3 Å². The first-order valence-corrected chi connectivity index (χ1v) is 10.8. The normalized spacial score (nSPS) is 26.9. The number of aromatic nitrogens is 2. The molecule has 3 rings (SSSR count). The lowest BCUT2D eigenvalue weighted by molar-refractivity contribution is -0.136. The molecular formula is C17H28N4O4S. The van der Waals surface area contributed by atoms with Gasteiger partial charge >= 0.3 is 0 Å². The van der Waals surface area contributed by atoms with E-state index in [4.69, 9.17) is 0 Å². The van der Waals surface area contributed by atoms with Crippen LogP contribution in [0.5, 0.6) is 0 Å². The zero-order valence-electron chi connectivity index (χ0n) is 15.7. The number of aryl methyl sites for hydroxylation is 3. The summed E-state index contributed by atoms with van der Waals surface area (Å²) in [6.07, 6.45) is 2.27. The molecule has 2 atom stereocenters. The highest BCUT2D eigenvalue weighted by molar-refractivity contribution is 7.88. The molecule has 2 aliphatic rings. The lowest BCUT2D eigenvalue weighted by atomic mass is 9.74. The number of aliphatic hydroxyl groups excluding tert-OH is 1. The molecule has 2 fully saturated rings. The van der Waals surface area contributed by atoms with Crippen molar-refractivity contribution in [3.8, 4) is 0 Å². The van der Waals surface area contributed by atoms with E-state index in [1.807, 2.05) is 24.6 Å². The van der Waals surface area contributed by atoms with Gasteiger partial charge in [-0.25, -0.2) is 12.7 Å². The number of rotatable bonds is 5. The Morgan fingerprint density at radius 1 is 1.38 bits per heavy atom. The van der Waals surface area contributed by atoms with Gasteiger partial charge in [-0.3, -0.25) is 9.48 Å². The Morgan fingerprint density at radius 2 is 2.12 bits per heavy atom. The highest BCUT2D eigenvalue weighted by Crippen LogP contribution is 2.42. The molecule has 0 spiro atoms. The molecule has 9 heteroatoms. The maximum absolute atomic E-state index is 12.7. The van der Waals surface area contributed by atoms with E-state index in [0.717, 1.165) is 17.8 Å². The third-order valence-electron chi connectivity index (χ3n) is 5.81. The Kier molecular flexibility index (Phi) is 5.15. The van der Waals surface area contributed by atoms with E-state index in [2.05, 4.69) is 5.10 Å². The molecule has 2 saturated heterocycles. The van der Waals surface area contributed by atoms with Crippen LogP contribution >= 0.6 is 0 Å². The van der Waals surface area contributed by atoms with Crippen molar-refractivity contribution in [1.29, 1.82) is 0 Å². The van der Waals surface area contributed by atoms with Gasteiger partial charge in [-0.1, -0.05) is 0 Å². The molecule has 0 bridgehead atoms. The lowest BCUT2D eigenvalue weighted by Gasteiger charge is -2.43. The number of hydrogen-bond donors (Lipinski definition) is 1. The van der Waals surface area contributed by atoms with Gasteiger partial charge < -0.3 is 10.0 Å². The van der Waals surface area contributed by atoms with E-state index in [0.29, 0.717) is 32.6 Å². The van der Waals surface area contributed by atoms with Gasteiger partial charge in [-0.2, -0.15) is 5.10 Å². The van der Waals surface area contributed by atoms with Crippen LogP contribution in [0.25, 0.3) is 0 Å². The SMILES string of the molecule is Cc1cc(C)n(CCC(=O)N2CC[C@H]3CN(S(C)(=O)=O)C[C@@]3(CO)C2)n1. The largest absolute Gasteiger partial charge is 0.396 e. The van der Waals surface area contributed by atoms with Crippen LogP contribution < -0.4 is 0 Å². The van der Waals surface area contributed by atoms with Gasteiger partial charge in [0, 0.05) is 50.3 Å². The number of carbonyl (C=O) groups is 1. The molecule has 26 heavy (non-hydrogen) atoms. The lowest BCUT2D eigenvalue weighted by Crippen LogP contribution is -2.52.